The molecule has 1 N–H and O–H groups in total. The number of pyridine rings is 1. The number of benzene rings is 1. The molecule has 0 aliphatic rings. The fourth-order valence-electron chi connectivity index (χ4n) is 2.46. The number of imidazole rings is 1. The summed E-state index contributed by atoms with van der Waals surface area (Å²) in [5.41, 5.74) is 0.306. The molecule has 0 fully saturated rings. The van der Waals surface area contributed by atoms with E-state index in [9.17, 15) is 18.0 Å². The molecular formula is C18H12F3N3O. The van der Waals surface area contributed by atoms with Crippen LogP contribution in [0.25, 0.3) is 16.8 Å². The van der Waals surface area contributed by atoms with Crippen molar-refractivity contribution in [2.45, 2.75) is 6.18 Å². The Balaban J connectivity index is 2.15. The maximum absolute atomic E-state index is 13.0. The highest BCUT2D eigenvalue weighted by molar-refractivity contribution is 5.94. The van der Waals surface area contributed by atoms with Gasteiger partial charge in [0.1, 0.15) is 0 Å². The number of hydrogen-bond acceptors (Lipinski definition) is 2. The Labute approximate surface area is 141 Å². The molecule has 126 valence electrons. The van der Waals surface area contributed by atoms with Crippen molar-refractivity contribution in [2.24, 2.45) is 0 Å². The normalized spacial score (nSPS) is 11.3. The molecule has 0 aliphatic carbocycles. The minimum absolute atomic E-state index is 0.0273. The number of hydrogen-bond donors (Lipinski definition) is 1. The minimum atomic E-state index is -4.46. The van der Waals surface area contributed by atoms with E-state index in [2.05, 4.69) is 16.2 Å². The molecule has 0 atom stereocenters. The zero-order valence-corrected chi connectivity index (χ0v) is 12.8. The second-order valence-corrected chi connectivity index (χ2v) is 5.21. The quantitative estimate of drug-likeness (QED) is 0.741. The largest absolute Gasteiger partial charge is 0.416 e. The topological polar surface area (TPSA) is 46.4 Å². The van der Waals surface area contributed by atoms with Gasteiger partial charge in [0.2, 0.25) is 5.82 Å². The van der Waals surface area contributed by atoms with Crippen molar-refractivity contribution >= 4 is 11.4 Å². The average Bonchev–Trinajstić information content (AvgIpc) is 2.99. The van der Waals surface area contributed by atoms with Crippen LogP contribution < -0.4 is 5.32 Å². The van der Waals surface area contributed by atoms with Gasteiger partial charge in [0, 0.05) is 11.8 Å². The third-order valence-corrected chi connectivity index (χ3v) is 3.57. The summed E-state index contributed by atoms with van der Waals surface area (Å²) in [5, 5.41) is 2.50. The summed E-state index contributed by atoms with van der Waals surface area (Å²) >= 11 is 0. The van der Waals surface area contributed by atoms with Gasteiger partial charge < -0.3 is 5.32 Å². The number of fused-ring (bicyclic) bond motifs is 1. The van der Waals surface area contributed by atoms with E-state index in [1.54, 1.807) is 24.4 Å². The van der Waals surface area contributed by atoms with Crippen LogP contribution >= 0.6 is 0 Å². The van der Waals surface area contributed by atoms with Crippen molar-refractivity contribution in [3.05, 3.63) is 60.0 Å². The fourth-order valence-corrected chi connectivity index (χ4v) is 2.46. The highest BCUT2D eigenvalue weighted by Gasteiger charge is 2.31. The van der Waals surface area contributed by atoms with Crippen molar-refractivity contribution in [1.82, 2.24) is 14.7 Å². The van der Waals surface area contributed by atoms with Gasteiger partial charge in [-0.05, 0) is 24.3 Å². The number of alkyl halides is 3. The van der Waals surface area contributed by atoms with Crippen molar-refractivity contribution in [1.29, 1.82) is 0 Å². The Kier molecular flexibility index (Phi) is 4.19. The van der Waals surface area contributed by atoms with Gasteiger partial charge in [-0.3, -0.25) is 9.20 Å². The molecule has 0 aliphatic heterocycles. The SMILES string of the molecule is C#CCNC(=O)c1nc(-c2cccc(C(F)(F)F)c2)c2ccccn12. The third-order valence-electron chi connectivity index (χ3n) is 3.57. The summed E-state index contributed by atoms with van der Waals surface area (Å²) in [6, 6.07) is 9.93. The maximum Gasteiger partial charge on any atom is 0.416 e. The summed E-state index contributed by atoms with van der Waals surface area (Å²) in [6.45, 7) is 0.0273. The van der Waals surface area contributed by atoms with Crippen LogP contribution in [0.2, 0.25) is 0 Å². The van der Waals surface area contributed by atoms with Crippen LogP contribution in [0.4, 0.5) is 13.2 Å². The zero-order valence-electron chi connectivity index (χ0n) is 12.8. The lowest BCUT2D eigenvalue weighted by Gasteiger charge is -2.07. The first-order chi connectivity index (χ1) is 11.9. The van der Waals surface area contributed by atoms with Gasteiger partial charge in [-0.1, -0.05) is 24.1 Å². The summed E-state index contributed by atoms with van der Waals surface area (Å²) < 4.78 is 40.4. The average molecular weight is 343 g/mol. The molecule has 7 heteroatoms. The summed E-state index contributed by atoms with van der Waals surface area (Å²) in [6.07, 6.45) is 2.28. The molecule has 3 rings (SSSR count). The van der Waals surface area contributed by atoms with Crippen LogP contribution in [0.15, 0.2) is 48.7 Å². The molecule has 25 heavy (non-hydrogen) atoms. The fraction of sp³-hybridized carbons (Fsp3) is 0.111. The molecule has 0 spiro atoms. The summed E-state index contributed by atoms with van der Waals surface area (Å²) in [7, 11) is 0. The van der Waals surface area contributed by atoms with E-state index in [-0.39, 0.29) is 23.6 Å². The molecule has 0 saturated heterocycles. The lowest BCUT2D eigenvalue weighted by Crippen LogP contribution is -2.25. The number of halogens is 3. The molecule has 0 bridgehead atoms. The van der Waals surface area contributed by atoms with E-state index in [0.29, 0.717) is 5.52 Å². The first-order valence-corrected chi connectivity index (χ1v) is 7.28. The maximum atomic E-state index is 13.0. The van der Waals surface area contributed by atoms with Crippen LogP contribution in [0, 0.1) is 12.3 Å². The monoisotopic (exact) mass is 343 g/mol. The van der Waals surface area contributed by atoms with Crippen LogP contribution in [-0.4, -0.2) is 21.8 Å². The molecule has 1 amide bonds. The Morgan fingerprint density at radius 2 is 2.04 bits per heavy atom. The number of aromatic nitrogens is 2. The number of carbonyl (C=O) groups is 1. The summed E-state index contributed by atoms with van der Waals surface area (Å²) in [5.74, 6) is 1.84. The van der Waals surface area contributed by atoms with Gasteiger partial charge in [0.15, 0.2) is 0 Å². The summed E-state index contributed by atoms with van der Waals surface area (Å²) in [4.78, 5) is 16.5. The van der Waals surface area contributed by atoms with Gasteiger partial charge in [-0.15, -0.1) is 6.42 Å². The molecule has 2 heterocycles. The van der Waals surface area contributed by atoms with Crippen molar-refractivity contribution in [3.8, 4) is 23.6 Å². The Morgan fingerprint density at radius 1 is 1.24 bits per heavy atom. The van der Waals surface area contributed by atoms with Gasteiger partial charge in [-0.2, -0.15) is 13.2 Å². The van der Waals surface area contributed by atoms with E-state index in [0.717, 1.165) is 12.1 Å². The van der Waals surface area contributed by atoms with Gasteiger partial charge in [-0.25, -0.2) is 4.98 Å². The highest BCUT2D eigenvalue weighted by atomic mass is 19.4. The molecule has 1 aromatic carbocycles. The molecule has 0 unspecified atom stereocenters. The second kappa shape index (κ2) is 6.32. The van der Waals surface area contributed by atoms with Gasteiger partial charge in [0.05, 0.1) is 23.3 Å². The van der Waals surface area contributed by atoms with Crippen LogP contribution in [0.1, 0.15) is 16.2 Å². The number of amides is 1. The van der Waals surface area contributed by atoms with Gasteiger partial charge in [0.25, 0.3) is 5.91 Å². The van der Waals surface area contributed by atoms with Crippen LogP contribution in [0.3, 0.4) is 0 Å². The number of terminal acetylenes is 1. The highest BCUT2D eigenvalue weighted by Crippen LogP contribution is 2.33. The number of carbonyl (C=O) groups excluding carboxylic acids is 1. The van der Waals surface area contributed by atoms with Crippen LogP contribution in [-0.2, 0) is 6.18 Å². The first kappa shape index (κ1) is 16.6. The predicted octanol–water partition coefficient (Wildman–Crippen LogP) is 3.38. The van der Waals surface area contributed by atoms with Gasteiger partial charge >= 0.3 is 6.18 Å². The lowest BCUT2D eigenvalue weighted by atomic mass is 10.1. The molecule has 4 nitrogen and oxygen atoms in total. The van der Waals surface area contributed by atoms with E-state index >= 15 is 0 Å². The molecular weight excluding hydrogens is 331 g/mol. The van der Waals surface area contributed by atoms with Crippen molar-refractivity contribution in [2.75, 3.05) is 6.54 Å². The Hall–Kier alpha value is -3.27. The number of rotatable bonds is 3. The van der Waals surface area contributed by atoms with E-state index in [1.165, 1.54) is 16.5 Å². The standard InChI is InChI=1S/C18H12F3N3O/c1-2-9-22-17(25)16-23-15(14-8-3-4-10-24(14)16)12-6-5-7-13(11-12)18(19,20)21/h1,3-8,10-11H,9H2,(H,22,25). The first-order valence-electron chi connectivity index (χ1n) is 7.28. The number of nitrogens with one attached hydrogen (secondary N) is 1. The predicted molar refractivity (Wildman–Crippen MR) is 86.8 cm³/mol. The molecule has 3 aromatic rings. The van der Waals surface area contributed by atoms with E-state index in [1.807, 2.05) is 0 Å². The molecule has 2 aromatic heterocycles. The van der Waals surface area contributed by atoms with Crippen molar-refractivity contribution < 1.29 is 18.0 Å². The zero-order chi connectivity index (χ0) is 18.0. The third kappa shape index (κ3) is 3.19. The van der Waals surface area contributed by atoms with E-state index < -0.39 is 17.6 Å². The molecule has 0 radical (unpaired) electrons. The molecule has 0 saturated carbocycles. The van der Waals surface area contributed by atoms with E-state index in [4.69, 9.17) is 6.42 Å². The minimum Gasteiger partial charge on any atom is -0.338 e. The number of nitrogens with zero attached hydrogens (tertiary/aromatic N) is 2. The second-order valence-electron chi connectivity index (χ2n) is 5.21. The Morgan fingerprint density at radius 3 is 2.76 bits per heavy atom. The lowest BCUT2D eigenvalue weighted by molar-refractivity contribution is -0.137. The van der Waals surface area contributed by atoms with Crippen LogP contribution in [0.5, 0.6) is 0 Å². The smallest absolute Gasteiger partial charge is 0.338 e. The Bertz CT molecular complexity index is 983. The van der Waals surface area contributed by atoms with Crippen molar-refractivity contribution in [3.63, 3.8) is 0 Å².